The third kappa shape index (κ3) is 2.77. The average molecular weight is 376 g/mol. The molecule has 1 unspecified atom stereocenters. The average Bonchev–Trinajstić information content (AvgIpc) is 3.41. The maximum absolute atomic E-state index is 13.4. The molecule has 1 aliphatic heterocycles. The van der Waals surface area contributed by atoms with Crippen molar-refractivity contribution in [3.05, 3.63) is 64.7 Å². The van der Waals surface area contributed by atoms with E-state index in [1.165, 1.54) is 17.7 Å². The Bertz CT molecular complexity index is 966. The molecular weight excluding hydrogens is 352 g/mol. The second-order valence-electron chi connectivity index (χ2n) is 8.25. The number of imide groups is 1. The number of aryl methyl sites for hydroxylation is 2. The summed E-state index contributed by atoms with van der Waals surface area (Å²) in [5, 5.41) is 2.99. The van der Waals surface area contributed by atoms with Gasteiger partial charge in [-0.2, -0.15) is 0 Å². The molecule has 2 fully saturated rings. The summed E-state index contributed by atoms with van der Waals surface area (Å²) in [6.45, 7) is 2.95. The van der Waals surface area contributed by atoms with Crippen LogP contribution in [0, 0.1) is 12.8 Å². The Morgan fingerprint density at radius 2 is 2.00 bits per heavy atom. The lowest BCUT2D eigenvalue weighted by Crippen LogP contribution is -2.41. The van der Waals surface area contributed by atoms with Gasteiger partial charge in [0.2, 0.25) is 0 Å². The van der Waals surface area contributed by atoms with Gasteiger partial charge in [0.15, 0.2) is 0 Å². The Labute approximate surface area is 164 Å². The van der Waals surface area contributed by atoms with Crippen molar-refractivity contribution in [3.63, 3.8) is 0 Å². The van der Waals surface area contributed by atoms with Gasteiger partial charge < -0.3 is 10.1 Å². The summed E-state index contributed by atoms with van der Waals surface area (Å²) in [5.41, 5.74) is 3.14. The molecule has 144 valence electrons. The van der Waals surface area contributed by atoms with Crippen molar-refractivity contribution in [2.24, 2.45) is 5.92 Å². The largest absolute Gasteiger partial charge is 0.493 e. The molecular formula is C23H24N2O3. The molecule has 1 heterocycles. The summed E-state index contributed by atoms with van der Waals surface area (Å²) in [6.07, 6.45) is 3.86. The van der Waals surface area contributed by atoms with Crippen molar-refractivity contribution in [1.29, 1.82) is 0 Å². The molecule has 1 atom stereocenters. The lowest BCUT2D eigenvalue weighted by molar-refractivity contribution is -0.132. The first-order valence-corrected chi connectivity index (χ1v) is 10.0. The van der Waals surface area contributed by atoms with E-state index in [1.54, 1.807) is 0 Å². The molecule has 1 saturated carbocycles. The van der Waals surface area contributed by atoms with Crippen LogP contribution in [-0.2, 0) is 23.3 Å². The smallest absolute Gasteiger partial charge is 0.325 e. The first-order valence-electron chi connectivity index (χ1n) is 10.0. The van der Waals surface area contributed by atoms with E-state index in [0.29, 0.717) is 18.9 Å². The van der Waals surface area contributed by atoms with Gasteiger partial charge in [0, 0.05) is 5.56 Å². The summed E-state index contributed by atoms with van der Waals surface area (Å²) in [7, 11) is 0. The number of carbonyl (C=O) groups excluding carboxylic acids is 2. The Balaban J connectivity index is 1.42. The van der Waals surface area contributed by atoms with Crippen molar-refractivity contribution in [1.82, 2.24) is 10.2 Å². The highest BCUT2D eigenvalue weighted by Crippen LogP contribution is 2.42. The lowest BCUT2D eigenvalue weighted by atomic mass is 9.92. The van der Waals surface area contributed by atoms with E-state index in [4.69, 9.17) is 4.74 Å². The van der Waals surface area contributed by atoms with Crippen LogP contribution >= 0.6 is 0 Å². The van der Waals surface area contributed by atoms with E-state index >= 15 is 0 Å². The molecule has 2 aliphatic carbocycles. The SMILES string of the molecule is Cc1ccc(CN2C(=O)NC3(CCc4ccccc43)C2=O)c(OCC2CC2)c1. The highest BCUT2D eigenvalue weighted by atomic mass is 16.5. The van der Waals surface area contributed by atoms with Crippen LogP contribution in [0.3, 0.4) is 0 Å². The molecule has 2 aromatic carbocycles. The van der Waals surface area contributed by atoms with Gasteiger partial charge in [0.25, 0.3) is 5.91 Å². The fourth-order valence-electron chi connectivity index (χ4n) is 4.32. The number of fused-ring (bicyclic) bond motifs is 2. The molecule has 1 spiro atoms. The molecule has 5 rings (SSSR count). The van der Waals surface area contributed by atoms with Crippen LogP contribution < -0.4 is 10.1 Å². The standard InChI is InChI=1S/C23H24N2O3/c1-15-6-9-18(20(12-15)28-14-16-7-8-16)13-25-21(26)23(24-22(25)27)11-10-17-4-2-3-5-19(17)23/h2-6,9,12,16H,7-8,10-11,13-14H2,1H3,(H,24,27). The highest BCUT2D eigenvalue weighted by molar-refractivity contribution is 6.08. The third-order valence-electron chi connectivity index (χ3n) is 6.14. The fraction of sp³-hybridized carbons (Fsp3) is 0.391. The molecule has 1 N–H and O–H groups in total. The number of ether oxygens (including phenoxy) is 1. The molecule has 5 nitrogen and oxygen atoms in total. The third-order valence-corrected chi connectivity index (χ3v) is 6.14. The van der Waals surface area contributed by atoms with Crippen LogP contribution in [0.4, 0.5) is 4.79 Å². The van der Waals surface area contributed by atoms with Crippen LogP contribution in [0.1, 0.15) is 41.5 Å². The highest BCUT2D eigenvalue weighted by Gasteiger charge is 2.55. The zero-order chi connectivity index (χ0) is 19.3. The monoisotopic (exact) mass is 376 g/mol. The van der Waals surface area contributed by atoms with E-state index in [1.807, 2.05) is 49.4 Å². The molecule has 0 aromatic heterocycles. The summed E-state index contributed by atoms with van der Waals surface area (Å²) in [6, 6.07) is 13.5. The van der Waals surface area contributed by atoms with Crippen LogP contribution in [0.2, 0.25) is 0 Å². The molecule has 1 saturated heterocycles. The van der Waals surface area contributed by atoms with E-state index in [-0.39, 0.29) is 18.5 Å². The number of hydrogen-bond acceptors (Lipinski definition) is 3. The molecule has 0 bridgehead atoms. The van der Waals surface area contributed by atoms with Crippen molar-refractivity contribution < 1.29 is 14.3 Å². The van der Waals surface area contributed by atoms with Gasteiger partial charge in [-0.15, -0.1) is 0 Å². The van der Waals surface area contributed by atoms with Crippen molar-refractivity contribution in [3.8, 4) is 5.75 Å². The minimum absolute atomic E-state index is 0.156. The van der Waals surface area contributed by atoms with Gasteiger partial charge >= 0.3 is 6.03 Å². The predicted molar refractivity (Wildman–Crippen MR) is 105 cm³/mol. The minimum atomic E-state index is -0.909. The number of urea groups is 1. The van der Waals surface area contributed by atoms with Crippen LogP contribution in [0.15, 0.2) is 42.5 Å². The van der Waals surface area contributed by atoms with E-state index in [0.717, 1.165) is 34.4 Å². The summed E-state index contributed by atoms with van der Waals surface area (Å²) in [4.78, 5) is 27.5. The molecule has 0 radical (unpaired) electrons. The van der Waals surface area contributed by atoms with Gasteiger partial charge in [-0.3, -0.25) is 9.69 Å². The fourth-order valence-corrected chi connectivity index (χ4v) is 4.32. The van der Waals surface area contributed by atoms with Gasteiger partial charge in [0.1, 0.15) is 11.3 Å². The van der Waals surface area contributed by atoms with E-state index in [9.17, 15) is 9.59 Å². The molecule has 2 aromatic rings. The van der Waals surface area contributed by atoms with Crippen LogP contribution in [0.5, 0.6) is 5.75 Å². The van der Waals surface area contributed by atoms with Gasteiger partial charge in [-0.25, -0.2) is 4.79 Å². The zero-order valence-corrected chi connectivity index (χ0v) is 16.0. The number of rotatable bonds is 5. The summed E-state index contributed by atoms with van der Waals surface area (Å²) < 4.78 is 6.03. The maximum Gasteiger partial charge on any atom is 0.325 e. The maximum atomic E-state index is 13.4. The van der Waals surface area contributed by atoms with Gasteiger partial charge in [0.05, 0.1) is 13.2 Å². The van der Waals surface area contributed by atoms with Gasteiger partial charge in [-0.1, -0.05) is 36.4 Å². The number of nitrogens with one attached hydrogen (secondary N) is 1. The lowest BCUT2D eigenvalue weighted by Gasteiger charge is -2.22. The van der Waals surface area contributed by atoms with Gasteiger partial charge in [-0.05, 0) is 61.3 Å². The quantitative estimate of drug-likeness (QED) is 0.810. The molecule has 3 aliphatic rings. The Hall–Kier alpha value is -2.82. The number of carbonyl (C=O) groups is 2. The molecule has 28 heavy (non-hydrogen) atoms. The molecule has 3 amide bonds. The topological polar surface area (TPSA) is 58.6 Å². The van der Waals surface area contributed by atoms with Crippen LogP contribution in [-0.4, -0.2) is 23.4 Å². The normalized spacial score (nSPS) is 23.2. The first kappa shape index (κ1) is 17.3. The van der Waals surface area contributed by atoms with Crippen molar-refractivity contribution in [2.45, 2.75) is 44.7 Å². The second-order valence-corrected chi connectivity index (χ2v) is 8.25. The number of nitrogens with zero attached hydrogens (tertiary/aromatic N) is 1. The Kier molecular flexibility index (Phi) is 3.93. The Morgan fingerprint density at radius 1 is 1.18 bits per heavy atom. The number of amides is 3. The Morgan fingerprint density at radius 3 is 2.82 bits per heavy atom. The van der Waals surface area contributed by atoms with E-state index in [2.05, 4.69) is 5.32 Å². The van der Waals surface area contributed by atoms with Crippen molar-refractivity contribution >= 4 is 11.9 Å². The van der Waals surface area contributed by atoms with Crippen LogP contribution in [0.25, 0.3) is 0 Å². The minimum Gasteiger partial charge on any atom is -0.493 e. The van der Waals surface area contributed by atoms with Crippen molar-refractivity contribution in [2.75, 3.05) is 6.61 Å². The number of benzene rings is 2. The molecule has 5 heteroatoms. The summed E-state index contributed by atoms with van der Waals surface area (Å²) in [5.74, 6) is 1.26. The summed E-state index contributed by atoms with van der Waals surface area (Å²) >= 11 is 0. The first-order chi connectivity index (χ1) is 13.6. The second kappa shape index (κ2) is 6.36. The zero-order valence-electron chi connectivity index (χ0n) is 16.0. The van der Waals surface area contributed by atoms with E-state index < -0.39 is 5.54 Å². The predicted octanol–water partition coefficient (Wildman–Crippen LogP) is 3.68. The number of hydrogen-bond donors (Lipinski definition) is 1.